The van der Waals surface area contributed by atoms with Gasteiger partial charge in [-0.1, -0.05) is 6.92 Å². The Morgan fingerprint density at radius 3 is 2.56 bits per heavy atom. The molecule has 2 amide bonds. The molecule has 0 aliphatic carbocycles. The van der Waals surface area contributed by atoms with E-state index in [1.54, 1.807) is 11.9 Å². The van der Waals surface area contributed by atoms with E-state index in [-0.39, 0.29) is 18.4 Å². The van der Waals surface area contributed by atoms with Crippen LogP contribution in [-0.2, 0) is 9.59 Å². The largest absolute Gasteiger partial charge is 0.358 e. The van der Waals surface area contributed by atoms with Crippen molar-refractivity contribution in [1.82, 2.24) is 15.5 Å². The fourth-order valence-corrected chi connectivity index (χ4v) is 1.68. The lowest BCUT2D eigenvalue weighted by Gasteiger charge is -2.29. The number of rotatable bonds is 6. The predicted molar refractivity (Wildman–Crippen MR) is 61.9 cm³/mol. The van der Waals surface area contributed by atoms with Crippen LogP contribution in [0.15, 0.2) is 0 Å². The van der Waals surface area contributed by atoms with Crippen LogP contribution < -0.4 is 10.6 Å². The molecule has 5 nitrogen and oxygen atoms in total. The first-order valence-corrected chi connectivity index (χ1v) is 5.86. The highest BCUT2D eigenvalue weighted by atomic mass is 16.2. The van der Waals surface area contributed by atoms with Gasteiger partial charge in [0, 0.05) is 20.0 Å². The zero-order valence-corrected chi connectivity index (χ0v) is 10.1. The van der Waals surface area contributed by atoms with Gasteiger partial charge in [-0.2, -0.15) is 0 Å². The topological polar surface area (TPSA) is 61.4 Å². The van der Waals surface area contributed by atoms with E-state index in [9.17, 15) is 9.59 Å². The quantitative estimate of drug-likeness (QED) is 0.648. The van der Waals surface area contributed by atoms with Crippen molar-refractivity contribution >= 4 is 11.8 Å². The molecule has 92 valence electrons. The maximum atomic E-state index is 11.9. The van der Waals surface area contributed by atoms with E-state index in [1.165, 1.54) is 0 Å². The van der Waals surface area contributed by atoms with E-state index in [0.29, 0.717) is 18.9 Å². The van der Waals surface area contributed by atoms with E-state index >= 15 is 0 Å². The van der Waals surface area contributed by atoms with Crippen LogP contribution >= 0.6 is 0 Å². The Labute approximate surface area is 96.6 Å². The minimum Gasteiger partial charge on any atom is -0.358 e. The third-order valence-electron chi connectivity index (χ3n) is 2.79. The van der Waals surface area contributed by atoms with Crippen LogP contribution in [-0.4, -0.2) is 49.9 Å². The molecule has 0 aromatic carbocycles. The molecule has 0 bridgehead atoms. The van der Waals surface area contributed by atoms with E-state index in [0.717, 1.165) is 19.5 Å². The lowest BCUT2D eigenvalue weighted by Crippen LogP contribution is -2.47. The SMILES string of the molecule is CCCN(CC(=O)NC)C(=O)CC1CNC1. The number of amides is 2. The molecule has 16 heavy (non-hydrogen) atoms. The summed E-state index contributed by atoms with van der Waals surface area (Å²) >= 11 is 0. The number of hydrogen-bond donors (Lipinski definition) is 2. The summed E-state index contributed by atoms with van der Waals surface area (Å²) < 4.78 is 0. The maximum Gasteiger partial charge on any atom is 0.239 e. The number of nitrogens with zero attached hydrogens (tertiary/aromatic N) is 1. The minimum atomic E-state index is -0.103. The van der Waals surface area contributed by atoms with Gasteiger partial charge in [0.05, 0.1) is 6.54 Å². The van der Waals surface area contributed by atoms with Gasteiger partial charge in [-0.3, -0.25) is 9.59 Å². The summed E-state index contributed by atoms with van der Waals surface area (Å²) in [5, 5.41) is 5.68. The van der Waals surface area contributed by atoms with Gasteiger partial charge in [0.1, 0.15) is 0 Å². The molecule has 1 aliphatic heterocycles. The normalized spacial score (nSPS) is 15.4. The Morgan fingerprint density at radius 1 is 1.44 bits per heavy atom. The highest BCUT2D eigenvalue weighted by Gasteiger charge is 2.23. The van der Waals surface area contributed by atoms with Crippen molar-refractivity contribution in [3.8, 4) is 0 Å². The molecule has 1 heterocycles. The smallest absolute Gasteiger partial charge is 0.239 e. The zero-order valence-electron chi connectivity index (χ0n) is 10.1. The fraction of sp³-hybridized carbons (Fsp3) is 0.818. The Balaban J connectivity index is 2.40. The predicted octanol–water partition coefficient (Wildman–Crippen LogP) is -0.419. The summed E-state index contributed by atoms with van der Waals surface area (Å²) in [5.74, 6) is 0.446. The average molecular weight is 227 g/mol. The van der Waals surface area contributed by atoms with Crippen LogP contribution in [0.1, 0.15) is 19.8 Å². The van der Waals surface area contributed by atoms with Crippen LogP contribution in [0.2, 0.25) is 0 Å². The Kier molecular flexibility index (Phi) is 5.25. The van der Waals surface area contributed by atoms with Crippen LogP contribution in [0.4, 0.5) is 0 Å². The third-order valence-corrected chi connectivity index (χ3v) is 2.79. The van der Waals surface area contributed by atoms with Gasteiger partial charge in [-0.25, -0.2) is 0 Å². The Hall–Kier alpha value is -1.10. The van der Waals surface area contributed by atoms with E-state index in [4.69, 9.17) is 0 Å². The number of nitrogens with one attached hydrogen (secondary N) is 2. The van der Waals surface area contributed by atoms with Gasteiger partial charge in [-0.15, -0.1) is 0 Å². The standard InChI is InChI=1S/C11H21N3O2/c1-3-4-14(8-10(15)12-2)11(16)5-9-6-13-7-9/h9,13H,3-8H2,1-2H3,(H,12,15). The van der Waals surface area contributed by atoms with Crippen molar-refractivity contribution in [3.05, 3.63) is 0 Å². The van der Waals surface area contributed by atoms with Gasteiger partial charge in [0.15, 0.2) is 0 Å². The van der Waals surface area contributed by atoms with E-state index < -0.39 is 0 Å². The molecule has 0 unspecified atom stereocenters. The Bertz CT molecular complexity index is 252. The lowest BCUT2D eigenvalue weighted by atomic mass is 9.98. The summed E-state index contributed by atoms with van der Waals surface area (Å²) in [7, 11) is 1.59. The summed E-state index contributed by atoms with van der Waals surface area (Å²) in [6.07, 6.45) is 1.44. The van der Waals surface area contributed by atoms with Crippen molar-refractivity contribution in [2.24, 2.45) is 5.92 Å². The first-order chi connectivity index (χ1) is 7.67. The van der Waals surface area contributed by atoms with Gasteiger partial charge >= 0.3 is 0 Å². The molecule has 2 N–H and O–H groups in total. The van der Waals surface area contributed by atoms with Crippen molar-refractivity contribution in [3.63, 3.8) is 0 Å². The summed E-state index contributed by atoms with van der Waals surface area (Å²) in [4.78, 5) is 24.8. The highest BCUT2D eigenvalue weighted by Crippen LogP contribution is 2.10. The van der Waals surface area contributed by atoms with Crippen molar-refractivity contribution in [2.45, 2.75) is 19.8 Å². The molecule has 5 heteroatoms. The molecule has 0 aromatic heterocycles. The van der Waals surface area contributed by atoms with Crippen molar-refractivity contribution in [2.75, 3.05) is 33.2 Å². The van der Waals surface area contributed by atoms with Crippen LogP contribution in [0.5, 0.6) is 0 Å². The number of carbonyl (C=O) groups excluding carboxylic acids is 2. The molecule has 0 spiro atoms. The van der Waals surface area contributed by atoms with Crippen LogP contribution in [0, 0.1) is 5.92 Å². The lowest BCUT2D eigenvalue weighted by molar-refractivity contribution is -0.137. The molecular weight excluding hydrogens is 206 g/mol. The van der Waals surface area contributed by atoms with E-state index in [2.05, 4.69) is 10.6 Å². The molecule has 0 atom stereocenters. The molecule has 0 saturated carbocycles. The molecule has 1 fully saturated rings. The highest BCUT2D eigenvalue weighted by molar-refractivity contribution is 5.84. The van der Waals surface area contributed by atoms with Gasteiger partial charge in [-0.05, 0) is 25.4 Å². The van der Waals surface area contributed by atoms with Crippen molar-refractivity contribution < 1.29 is 9.59 Å². The monoisotopic (exact) mass is 227 g/mol. The molecular formula is C11H21N3O2. The van der Waals surface area contributed by atoms with Crippen LogP contribution in [0.3, 0.4) is 0 Å². The summed E-state index contributed by atoms with van der Waals surface area (Å²) in [6.45, 7) is 4.70. The first-order valence-electron chi connectivity index (χ1n) is 5.86. The molecule has 1 rings (SSSR count). The van der Waals surface area contributed by atoms with E-state index in [1.807, 2.05) is 6.92 Å². The number of hydrogen-bond acceptors (Lipinski definition) is 3. The molecule has 0 radical (unpaired) electrons. The van der Waals surface area contributed by atoms with Gasteiger partial charge in [0.2, 0.25) is 11.8 Å². The Morgan fingerprint density at radius 2 is 2.12 bits per heavy atom. The zero-order chi connectivity index (χ0) is 12.0. The third kappa shape index (κ3) is 3.81. The second-order valence-corrected chi connectivity index (χ2v) is 4.22. The van der Waals surface area contributed by atoms with Gasteiger partial charge < -0.3 is 15.5 Å². The molecule has 1 aliphatic rings. The maximum absolute atomic E-state index is 11.9. The second-order valence-electron chi connectivity index (χ2n) is 4.22. The van der Waals surface area contributed by atoms with Crippen LogP contribution in [0.25, 0.3) is 0 Å². The average Bonchev–Trinajstić information content (AvgIpc) is 2.22. The minimum absolute atomic E-state index is 0.0944. The number of likely N-dealkylation sites (N-methyl/N-ethyl adjacent to an activating group) is 1. The molecule has 0 aromatic rings. The number of carbonyl (C=O) groups is 2. The summed E-state index contributed by atoms with van der Waals surface area (Å²) in [6, 6.07) is 0. The summed E-state index contributed by atoms with van der Waals surface area (Å²) in [5.41, 5.74) is 0. The second kappa shape index (κ2) is 6.48. The molecule has 1 saturated heterocycles. The van der Waals surface area contributed by atoms with Gasteiger partial charge in [0.25, 0.3) is 0 Å². The fourth-order valence-electron chi connectivity index (χ4n) is 1.68. The first kappa shape index (κ1) is 13.0. The van der Waals surface area contributed by atoms with Crippen molar-refractivity contribution in [1.29, 1.82) is 0 Å².